The van der Waals surface area contributed by atoms with Crippen molar-refractivity contribution in [2.24, 2.45) is 0 Å². The lowest BCUT2D eigenvalue weighted by Gasteiger charge is -2.24. The standard InChI is InChI=1S/C20H23N3O4/c1-27-13-18(24)21-16-8-5-9-17(12-16)22-19(25)23-11-10-20(26,14-23)15-6-3-2-4-7-15/h2-9,12,26H,10-11,13-14H2,1H3,(H,21,24)(H,22,25)/t20-/m0/s1. The number of anilines is 2. The van der Waals surface area contributed by atoms with Crippen LogP contribution in [-0.2, 0) is 15.1 Å². The van der Waals surface area contributed by atoms with Crippen LogP contribution in [0.3, 0.4) is 0 Å². The number of likely N-dealkylation sites (tertiary alicyclic amines) is 1. The zero-order chi connectivity index (χ0) is 19.3. The minimum Gasteiger partial charge on any atom is -0.383 e. The molecule has 7 nitrogen and oxygen atoms in total. The lowest BCUT2D eigenvalue weighted by Crippen LogP contribution is -2.37. The van der Waals surface area contributed by atoms with Gasteiger partial charge in [-0.3, -0.25) is 4.79 Å². The molecule has 27 heavy (non-hydrogen) atoms. The van der Waals surface area contributed by atoms with Crippen LogP contribution in [-0.4, -0.2) is 48.8 Å². The molecule has 1 aliphatic heterocycles. The fourth-order valence-electron chi connectivity index (χ4n) is 3.16. The van der Waals surface area contributed by atoms with Crippen LogP contribution in [0.4, 0.5) is 16.2 Å². The van der Waals surface area contributed by atoms with Gasteiger partial charge in [0.2, 0.25) is 5.91 Å². The van der Waals surface area contributed by atoms with Gasteiger partial charge in [0.1, 0.15) is 12.2 Å². The van der Waals surface area contributed by atoms with Gasteiger partial charge in [-0.15, -0.1) is 0 Å². The Balaban J connectivity index is 1.62. The number of hydrogen-bond acceptors (Lipinski definition) is 4. The Labute approximate surface area is 157 Å². The average Bonchev–Trinajstić information content (AvgIpc) is 3.07. The number of hydrogen-bond donors (Lipinski definition) is 3. The highest BCUT2D eigenvalue weighted by atomic mass is 16.5. The Hall–Kier alpha value is -2.90. The molecule has 0 radical (unpaired) electrons. The molecule has 0 spiro atoms. The molecule has 1 heterocycles. The first-order chi connectivity index (χ1) is 13.0. The van der Waals surface area contributed by atoms with Gasteiger partial charge in [0.15, 0.2) is 0 Å². The van der Waals surface area contributed by atoms with E-state index in [1.165, 1.54) is 7.11 Å². The Morgan fingerprint density at radius 1 is 1.11 bits per heavy atom. The van der Waals surface area contributed by atoms with E-state index in [2.05, 4.69) is 10.6 Å². The van der Waals surface area contributed by atoms with Gasteiger partial charge >= 0.3 is 6.03 Å². The van der Waals surface area contributed by atoms with Crippen molar-refractivity contribution < 1.29 is 19.4 Å². The summed E-state index contributed by atoms with van der Waals surface area (Å²) in [5, 5.41) is 16.4. The number of benzene rings is 2. The molecule has 3 N–H and O–H groups in total. The minimum absolute atomic E-state index is 0.0393. The van der Waals surface area contributed by atoms with Crippen molar-refractivity contribution in [1.29, 1.82) is 0 Å². The summed E-state index contributed by atoms with van der Waals surface area (Å²) in [7, 11) is 1.45. The molecule has 3 rings (SSSR count). The largest absolute Gasteiger partial charge is 0.383 e. The molecule has 0 bridgehead atoms. The highest BCUT2D eigenvalue weighted by Crippen LogP contribution is 2.32. The fourth-order valence-corrected chi connectivity index (χ4v) is 3.16. The van der Waals surface area contributed by atoms with E-state index in [0.29, 0.717) is 24.3 Å². The van der Waals surface area contributed by atoms with Crippen molar-refractivity contribution in [2.45, 2.75) is 12.0 Å². The molecule has 2 aromatic carbocycles. The number of carbonyl (C=O) groups excluding carboxylic acids is 2. The van der Waals surface area contributed by atoms with Gasteiger partial charge in [0.25, 0.3) is 0 Å². The number of methoxy groups -OCH3 is 1. The maximum Gasteiger partial charge on any atom is 0.321 e. The molecule has 1 atom stereocenters. The van der Waals surface area contributed by atoms with Crippen LogP contribution in [0, 0.1) is 0 Å². The first kappa shape index (κ1) is 18.9. The average molecular weight is 369 g/mol. The Bertz CT molecular complexity index is 812. The number of amides is 3. The smallest absolute Gasteiger partial charge is 0.321 e. The molecule has 1 aliphatic rings. The quantitative estimate of drug-likeness (QED) is 0.755. The van der Waals surface area contributed by atoms with Gasteiger partial charge in [0.05, 0.1) is 6.54 Å². The number of carbonyl (C=O) groups is 2. The van der Waals surface area contributed by atoms with Crippen molar-refractivity contribution in [3.63, 3.8) is 0 Å². The number of urea groups is 1. The third-order valence-corrected chi connectivity index (χ3v) is 4.52. The maximum absolute atomic E-state index is 12.6. The molecule has 1 fully saturated rings. The molecule has 2 aromatic rings. The Kier molecular flexibility index (Phi) is 5.73. The molecule has 0 aliphatic carbocycles. The van der Waals surface area contributed by atoms with E-state index in [9.17, 15) is 14.7 Å². The van der Waals surface area contributed by atoms with Crippen LogP contribution >= 0.6 is 0 Å². The third kappa shape index (κ3) is 4.64. The predicted octanol–water partition coefficient (Wildman–Crippen LogP) is 2.40. The van der Waals surface area contributed by atoms with E-state index < -0.39 is 5.60 Å². The molecule has 7 heteroatoms. The van der Waals surface area contributed by atoms with E-state index in [1.54, 1.807) is 29.2 Å². The first-order valence-corrected chi connectivity index (χ1v) is 8.73. The summed E-state index contributed by atoms with van der Waals surface area (Å²) < 4.78 is 4.78. The summed E-state index contributed by atoms with van der Waals surface area (Å²) >= 11 is 0. The van der Waals surface area contributed by atoms with E-state index >= 15 is 0 Å². The van der Waals surface area contributed by atoms with Gasteiger partial charge in [-0.25, -0.2) is 4.79 Å². The van der Waals surface area contributed by atoms with Crippen molar-refractivity contribution in [3.05, 3.63) is 60.2 Å². The van der Waals surface area contributed by atoms with Crippen molar-refractivity contribution in [3.8, 4) is 0 Å². The SMILES string of the molecule is COCC(=O)Nc1cccc(NC(=O)N2CC[C@@](O)(c3ccccc3)C2)c1. The zero-order valence-electron chi connectivity index (χ0n) is 15.1. The van der Waals surface area contributed by atoms with Gasteiger partial charge in [-0.05, 0) is 30.2 Å². The second-order valence-electron chi connectivity index (χ2n) is 6.56. The van der Waals surface area contributed by atoms with Crippen LogP contribution in [0.2, 0.25) is 0 Å². The maximum atomic E-state index is 12.6. The molecule has 3 amide bonds. The Morgan fingerprint density at radius 2 is 1.81 bits per heavy atom. The lowest BCUT2D eigenvalue weighted by atomic mass is 9.93. The second-order valence-corrected chi connectivity index (χ2v) is 6.56. The number of nitrogens with zero attached hydrogens (tertiary/aromatic N) is 1. The monoisotopic (exact) mass is 369 g/mol. The highest BCUT2D eigenvalue weighted by Gasteiger charge is 2.39. The minimum atomic E-state index is -1.03. The van der Waals surface area contributed by atoms with Crippen molar-refractivity contribution in [1.82, 2.24) is 4.90 Å². The van der Waals surface area contributed by atoms with Gasteiger partial charge < -0.3 is 25.4 Å². The van der Waals surface area contributed by atoms with Crippen LogP contribution in [0.15, 0.2) is 54.6 Å². The summed E-state index contributed by atoms with van der Waals surface area (Å²) in [6.45, 7) is 0.650. The van der Waals surface area contributed by atoms with E-state index in [4.69, 9.17) is 4.74 Å². The van der Waals surface area contributed by atoms with E-state index in [1.807, 2.05) is 30.3 Å². The summed E-state index contributed by atoms with van der Waals surface area (Å²) in [5.41, 5.74) is 0.903. The third-order valence-electron chi connectivity index (χ3n) is 4.52. The number of nitrogens with one attached hydrogen (secondary N) is 2. The van der Waals surface area contributed by atoms with Gasteiger partial charge in [0, 0.05) is 25.0 Å². The van der Waals surface area contributed by atoms with Crippen molar-refractivity contribution >= 4 is 23.3 Å². The lowest BCUT2D eigenvalue weighted by molar-refractivity contribution is -0.119. The van der Waals surface area contributed by atoms with Crippen LogP contribution in [0.25, 0.3) is 0 Å². The molecule has 0 saturated carbocycles. The van der Waals surface area contributed by atoms with E-state index in [0.717, 1.165) is 5.56 Å². The normalized spacial score (nSPS) is 19.0. The predicted molar refractivity (Wildman–Crippen MR) is 102 cm³/mol. The van der Waals surface area contributed by atoms with Crippen LogP contribution in [0.1, 0.15) is 12.0 Å². The number of β-amino-alcohol motifs (C(OH)–C–C–N with tert-alkyl or cyclic N) is 1. The van der Waals surface area contributed by atoms with Gasteiger partial charge in [-0.1, -0.05) is 36.4 Å². The van der Waals surface area contributed by atoms with Crippen LogP contribution in [0.5, 0.6) is 0 Å². The van der Waals surface area contributed by atoms with Crippen molar-refractivity contribution in [2.75, 3.05) is 37.4 Å². The molecular weight excluding hydrogens is 346 g/mol. The first-order valence-electron chi connectivity index (χ1n) is 8.73. The number of rotatable bonds is 5. The molecular formula is C20H23N3O4. The summed E-state index contributed by atoms with van der Waals surface area (Å²) in [4.78, 5) is 25.8. The van der Waals surface area contributed by atoms with E-state index in [-0.39, 0.29) is 25.1 Å². The molecule has 1 saturated heterocycles. The zero-order valence-corrected chi connectivity index (χ0v) is 15.1. The fraction of sp³-hybridized carbons (Fsp3) is 0.300. The topological polar surface area (TPSA) is 90.9 Å². The summed E-state index contributed by atoms with van der Waals surface area (Å²) in [6.07, 6.45) is 0.484. The molecule has 0 aromatic heterocycles. The molecule has 0 unspecified atom stereocenters. The van der Waals surface area contributed by atoms with Crippen LogP contribution < -0.4 is 10.6 Å². The Morgan fingerprint density at radius 3 is 2.52 bits per heavy atom. The summed E-state index contributed by atoms with van der Waals surface area (Å²) in [6, 6.07) is 16.0. The number of ether oxygens (including phenoxy) is 1. The number of aliphatic hydroxyl groups is 1. The summed E-state index contributed by atoms with van der Waals surface area (Å²) in [5.74, 6) is -0.270. The highest BCUT2D eigenvalue weighted by molar-refractivity contribution is 5.94. The van der Waals surface area contributed by atoms with Gasteiger partial charge in [-0.2, -0.15) is 0 Å². The second kappa shape index (κ2) is 8.20. The molecule has 142 valence electrons.